The van der Waals surface area contributed by atoms with Gasteiger partial charge in [0.05, 0.1) is 0 Å². The molecule has 0 aliphatic rings. The van der Waals surface area contributed by atoms with Gasteiger partial charge in [-0.2, -0.15) is 0 Å². The standard InChI is InChI=1S/C24H22BrNO4/c25-21-13-7-12-20(14-21)15-22(23(27)29-16-18-8-3-1-4-9-18)26-24(28)30-17-19-10-5-2-6-11-19/h1-14,22H,15-17H2,(H,26,28). The number of ether oxygens (including phenoxy) is 2. The third-order valence-electron chi connectivity index (χ3n) is 4.34. The highest BCUT2D eigenvalue weighted by molar-refractivity contribution is 9.10. The molecule has 3 aromatic carbocycles. The second-order valence-corrected chi connectivity index (χ2v) is 7.60. The van der Waals surface area contributed by atoms with E-state index in [2.05, 4.69) is 21.2 Å². The zero-order valence-corrected chi connectivity index (χ0v) is 17.9. The SMILES string of the molecule is O=C(NC(Cc1cccc(Br)c1)C(=O)OCc1ccccc1)OCc1ccccc1. The zero-order chi connectivity index (χ0) is 21.2. The van der Waals surface area contributed by atoms with Crippen LogP contribution in [0.1, 0.15) is 16.7 Å². The quantitative estimate of drug-likeness (QED) is 0.471. The van der Waals surface area contributed by atoms with Crippen LogP contribution in [0.2, 0.25) is 0 Å². The Hall–Kier alpha value is -3.12. The van der Waals surface area contributed by atoms with Crippen LogP contribution in [-0.4, -0.2) is 18.1 Å². The van der Waals surface area contributed by atoms with E-state index in [1.807, 2.05) is 84.9 Å². The molecule has 0 bridgehead atoms. The molecule has 0 saturated heterocycles. The minimum absolute atomic E-state index is 0.120. The number of hydrogen-bond acceptors (Lipinski definition) is 4. The summed E-state index contributed by atoms with van der Waals surface area (Å²) in [7, 11) is 0. The molecule has 0 aliphatic carbocycles. The van der Waals surface area contributed by atoms with Crippen LogP contribution in [0.4, 0.5) is 4.79 Å². The number of carbonyl (C=O) groups is 2. The molecule has 0 saturated carbocycles. The van der Waals surface area contributed by atoms with E-state index in [1.165, 1.54) is 0 Å². The first-order chi connectivity index (χ1) is 14.6. The molecule has 0 aromatic heterocycles. The molecule has 30 heavy (non-hydrogen) atoms. The van der Waals surface area contributed by atoms with E-state index in [-0.39, 0.29) is 19.6 Å². The lowest BCUT2D eigenvalue weighted by molar-refractivity contribution is -0.147. The normalized spacial score (nSPS) is 11.4. The molecule has 1 atom stereocenters. The van der Waals surface area contributed by atoms with Gasteiger partial charge in [-0.3, -0.25) is 0 Å². The van der Waals surface area contributed by atoms with Gasteiger partial charge in [-0.1, -0.05) is 88.7 Å². The third kappa shape index (κ3) is 7.04. The molecule has 3 rings (SSSR count). The van der Waals surface area contributed by atoms with Crippen molar-refractivity contribution in [3.05, 3.63) is 106 Å². The molecule has 1 amide bonds. The lowest BCUT2D eigenvalue weighted by Gasteiger charge is -2.18. The highest BCUT2D eigenvalue weighted by atomic mass is 79.9. The maximum absolute atomic E-state index is 12.7. The molecule has 154 valence electrons. The van der Waals surface area contributed by atoms with E-state index >= 15 is 0 Å². The number of hydrogen-bond donors (Lipinski definition) is 1. The maximum atomic E-state index is 12.7. The van der Waals surface area contributed by atoms with Gasteiger partial charge in [-0.25, -0.2) is 9.59 Å². The fourth-order valence-electron chi connectivity index (χ4n) is 2.83. The molecular weight excluding hydrogens is 446 g/mol. The molecular formula is C24H22BrNO4. The number of carbonyl (C=O) groups excluding carboxylic acids is 2. The molecule has 0 spiro atoms. The number of amides is 1. The van der Waals surface area contributed by atoms with Gasteiger partial charge in [0.1, 0.15) is 19.3 Å². The summed E-state index contributed by atoms with van der Waals surface area (Å²) in [4.78, 5) is 25.0. The summed E-state index contributed by atoms with van der Waals surface area (Å²) in [6, 6.07) is 25.4. The van der Waals surface area contributed by atoms with Crippen LogP contribution >= 0.6 is 15.9 Å². The van der Waals surface area contributed by atoms with Gasteiger partial charge in [0.15, 0.2) is 0 Å². The van der Waals surface area contributed by atoms with Gasteiger partial charge in [0.2, 0.25) is 0 Å². The Morgan fingerprint density at radius 1 is 0.767 bits per heavy atom. The predicted octanol–water partition coefficient (Wildman–Crippen LogP) is 5.03. The first-order valence-corrected chi connectivity index (χ1v) is 10.3. The summed E-state index contributed by atoms with van der Waals surface area (Å²) in [6.07, 6.45) is -0.386. The summed E-state index contributed by atoms with van der Waals surface area (Å²) >= 11 is 3.42. The van der Waals surface area contributed by atoms with Crippen LogP contribution < -0.4 is 5.32 Å². The van der Waals surface area contributed by atoms with E-state index < -0.39 is 18.1 Å². The molecule has 0 aliphatic heterocycles. The monoisotopic (exact) mass is 467 g/mol. The number of rotatable bonds is 8. The molecule has 1 unspecified atom stereocenters. The van der Waals surface area contributed by atoms with Gasteiger partial charge < -0.3 is 14.8 Å². The number of benzene rings is 3. The van der Waals surface area contributed by atoms with Crippen molar-refractivity contribution in [2.45, 2.75) is 25.7 Å². The summed E-state index contributed by atoms with van der Waals surface area (Å²) in [5.74, 6) is -0.518. The van der Waals surface area contributed by atoms with Crippen LogP contribution in [0.25, 0.3) is 0 Å². The number of halogens is 1. The first kappa shape index (κ1) is 21.6. The molecule has 6 heteroatoms. The molecule has 3 aromatic rings. The number of alkyl carbamates (subject to hydrolysis) is 1. The van der Waals surface area contributed by atoms with Gasteiger partial charge in [-0.15, -0.1) is 0 Å². The second-order valence-electron chi connectivity index (χ2n) is 6.69. The van der Waals surface area contributed by atoms with Gasteiger partial charge in [0.25, 0.3) is 0 Å². The highest BCUT2D eigenvalue weighted by Gasteiger charge is 2.24. The van der Waals surface area contributed by atoms with Crippen molar-refractivity contribution in [3.63, 3.8) is 0 Å². The third-order valence-corrected chi connectivity index (χ3v) is 4.84. The van der Waals surface area contributed by atoms with E-state index in [1.54, 1.807) is 0 Å². The minimum Gasteiger partial charge on any atom is -0.459 e. The van der Waals surface area contributed by atoms with Crippen LogP contribution in [0, 0.1) is 0 Å². The fraction of sp³-hybridized carbons (Fsp3) is 0.167. The molecule has 0 heterocycles. The number of nitrogens with one attached hydrogen (secondary N) is 1. The Morgan fingerprint density at radius 2 is 1.33 bits per heavy atom. The molecule has 5 nitrogen and oxygen atoms in total. The summed E-state index contributed by atoms with van der Waals surface area (Å²) < 4.78 is 11.6. The van der Waals surface area contributed by atoms with Crippen LogP contribution in [0.5, 0.6) is 0 Å². The molecule has 0 fully saturated rings. The van der Waals surface area contributed by atoms with Gasteiger partial charge in [0, 0.05) is 10.9 Å². The van der Waals surface area contributed by atoms with Crippen molar-refractivity contribution in [3.8, 4) is 0 Å². The Bertz CT molecular complexity index is 963. The van der Waals surface area contributed by atoms with Crippen LogP contribution in [0.15, 0.2) is 89.4 Å². The zero-order valence-electron chi connectivity index (χ0n) is 16.3. The van der Waals surface area contributed by atoms with E-state index in [9.17, 15) is 9.59 Å². The fourth-order valence-corrected chi connectivity index (χ4v) is 3.28. The summed E-state index contributed by atoms with van der Waals surface area (Å²) in [5, 5.41) is 2.64. The molecule has 1 N–H and O–H groups in total. The van der Waals surface area contributed by atoms with E-state index in [4.69, 9.17) is 9.47 Å². The maximum Gasteiger partial charge on any atom is 0.408 e. The molecule has 0 radical (unpaired) electrons. The van der Waals surface area contributed by atoms with Crippen LogP contribution in [0.3, 0.4) is 0 Å². The van der Waals surface area contributed by atoms with Crippen molar-refractivity contribution in [2.24, 2.45) is 0 Å². The second kappa shape index (κ2) is 11.2. The van der Waals surface area contributed by atoms with Gasteiger partial charge >= 0.3 is 12.1 Å². The van der Waals surface area contributed by atoms with Crippen molar-refractivity contribution >= 4 is 28.0 Å². The Balaban J connectivity index is 1.63. The summed E-state index contributed by atoms with van der Waals surface area (Å²) in [5.41, 5.74) is 2.62. The van der Waals surface area contributed by atoms with E-state index in [0.717, 1.165) is 21.2 Å². The lowest BCUT2D eigenvalue weighted by atomic mass is 10.1. The predicted molar refractivity (Wildman–Crippen MR) is 118 cm³/mol. The van der Waals surface area contributed by atoms with Crippen LogP contribution in [-0.2, 0) is 33.9 Å². The Morgan fingerprint density at radius 3 is 1.93 bits per heavy atom. The Kier molecular flexibility index (Phi) is 8.03. The smallest absolute Gasteiger partial charge is 0.408 e. The average molecular weight is 468 g/mol. The number of esters is 1. The lowest BCUT2D eigenvalue weighted by Crippen LogP contribution is -2.43. The Labute approximate surface area is 184 Å². The summed E-state index contributed by atoms with van der Waals surface area (Å²) in [6.45, 7) is 0.255. The first-order valence-electron chi connectivity index (χ1n) is 9.52. The minimum atomic E-state index is -0.869. The topological polar surface area (TPSA) is 64.6 Å². The van der Waals surface area contributed by atoms with Gasteiger partial charge in [-0.05, 0) is 28.8 Å². The van der Waals surface area contributed by atoms with Crippen molar-refractivity contribution in [2.75, 3.05) is 0 Å². The van der Waals surface area contributed by atoms with Crippen molar-refractivity contribution in [1.82, 2.24) is 5.32 Å². The van der Waals surface area contributed by atoms with E-state index in [0.29, 0.717) is 0 Å². The highest BCUT2D eigenvalue weighted by Crippen LogP contribution is 2.14. The largest absolute Gasteiger partial charge is 0.459 e. The van der Waals surface area contributed by atoms with Crippen molar-refractivity contribution < 1.29 is 19.1 Å². The van der Waals surface area contributed by atoms with Crippen molar-refractivity contribution in [1.29, 1.82) is 0 Å². The average Bonchev–Trinajstić information content (AvgIpc) is 2.77.